The first-order valence-electron chi connectivity index (χ1n) is 3.10. The third kappa shape index (κ3) is 2.58. The second-order valence-electron chi connectivity index (χ2n) is 2.43. The van der Waals surface area contributed by atoms with E-state index in [2.05, 4.69) is 12.2 Å². The molecule has 0 unspecified atom stereocenters. The van der Waals surface area contributed by atoms with E-state index in [9.17, 15) is 0 Å². The number of rotatable bonds is 0. The quantitative estimate of drug-likeness (QED) is 0.522. The number of hydrogen-bond donors (Lipinski definition) is 1. The molecule has 1 heterocycles. The van der Waals surface area contributed by atoms with Gasteiger partial charge >= 0.3 is 0 Å². The Bertz CT molecular complexity index is 50.5. The first-order chi connectivity index (χ1) is 3.39. The molecule has 50 valence electrons. The van der Waals surface area contributed by atoms with Crippen molar-refractivity contribution >= 4 is 13.5 Å². The zero-order chi connectivity index (χ0) is 5.11. The first-order valence-corrected chi connectivity index (χ1v) is 3.10. The van der Waals surface area contributed by atoms with Crippen molar-refractivity contribution in [1.29, 1.82) is 0 Å². The normalized spacial score (nSPS) is 22.1. The van der Waals surface area contributed by atoms with E-state index in [-0.39, 0.29) is 13.5 Å². The van der Waals surface area contributed by atoms with Gasteiger partial charge in [0, 0.05) is 0 Å². The minimum atomic E-state index is 0. The summed E-state index contributed by atoms with van der Waals surface area (Å²) in [7, 11) is 0. The summed E-state index contributed by atoms with van der Waals surface area (Å²) in [4.78, 5) is 0. The minimum Gasteiger partial charge on any atom is -0.317 e. The van der Waals surface area contributed by atoms with Crippen molar-refractivity contribution in [3.05, 3.63) is 0 Å². The average Bonchev–Trinajstić information content (AvgIpc) is 1.69. The molecule has 1 N–H and O–H groups in total. The maximum Gasteiger partial charge on any atom is -0.00464 e. The Morgan fingerprint density at radius 2 is 1.75 bits per heavy atom. The monoisotopic (exact) mass is 133 g/mol. The number of nitrogens with one attached hydrogen (secondary N) is 1. The molecule has 0 amide bonds. The lowest BCUT2D eigenvalue weighted by Gasteiger charge is -2.17. The SMILES string of the molecule is CC1CCNCC1.S. The van der Waals surface area contributed by atoms with Crippen LogP contribution in [0.15, 0.2) is 0 Å². The van der Waals surface area contributed by atoms with E-state index in [0.29, 0.717) is 0 Å². The maximum absolute atomic E-state index is 3.32. The highest BCUT2D eigenvalue weighted by atomic mass is 32.1. The molecule has 0 aliphatic carbocycles. The molecule has 2 heteroatoms. The van der Waals surface area contributed by atoms with Gasteiger partial charge in [0.05, 0.1) is 0 Å². The van der Waals surface area contributed by atoms with E-state index in [1.807, 2.05) is 0 Å². The summed E-state index contributed by atoms with van der Waals surface area (Å²) < 4.78 is 0. The Morgan fingerprint density at radius 3 is 2.00 bits per heavy atom. The lowest BCUT2D eigenvalue weighted by Crippen LogP contribution is -2.26. The first kappa shape index (κ1) is 8.31. The van der Waals surface area contributed by atoms with Gasteiger partial charge in [0.2, 0.25) is 0 Å². The fourth-order valence-corrected chi connectivity index (χ4v) is 0.966. The molecule has 1 aliphatic rings. The van der Waals surface area contributed by atoms with Crippen LogP contribution in [0.2, 0.25) is 0 Å². The highest BCUT2D eigenvalue weighted by Gasteiger charge is 2.04. The molecule has 1 fully saturated rings. The van der Waals surface area contributed by atoms with Gasteiger partial charge in [0.15, 0.2) is 0 Å². The van der Waals surface area contributed by atoms with Crippen LogP contribution in [-0.4, -0.2) is 13.1 Å². The van der Waals surface area contributed by atoms with Gasteiger partial charge in [-0.3, -0.25) is 0 Å². The van der Waals surface area contributed by atoms with Crippen LogP contribution >= 0.6 is 13.5 Å². The highest BCUT2D eigenvalue weighted by molar-refractivity contribution is 7.59. The molecule has 0 aromatic rings. The Morgan fingerprint density at radius 1 is 1.25 bits per heavy atom. The molecule has 1 saturated heterocycles. The van der Waals surface area contributed by atoms with Gasteiger partial charge in [-0.05, 0) is 31.8 Å². The van der Waals surface area contributed by atoms with Crippen LogP contribution in [0.1, 0.15) is 19.8 Å². The van der Waals surface area contributed by atoms with Gasteiger partial charge in [-0.2, -0.15) is 13.5 Å². The summed E-state index contributed by atoms with van der Waals surface area (Å²) in [6, 6.07) is 0. The van der Waals surface area contributed by atoms with Gasteiger partial charge in [0.1, 0.15) is 0 Å². The Labute approximate surface area is 58.3 Å². The molecular weight excluding hydrogens is 118 g/mol. The highest BCUT2D eigenvalue weighted by Crippen LogP contribution is 2.08. The summed E-state index contributed by atoms with van der Waals surface area (Å²) in [5.74, 6) is 0.973. The third-order valence-electron chi connectivity index (χ3n) is 1.63. The Kier molecular flexibility index (Phi) is 4.38. The van der Waals surface area contributed by atoms with Gasteiger partial charge in [-0.25, -0.2) is 0 Å². The van der Waals surface area contributed by atoms with Crippen molar-refractivity contribution in [2.24, 2.45) is 5.92 Å². The summed E-state index contributed by atoms with van der Waals surface area (Å²) in [5.41, 5.74) is 0. The standard InChI is InChI=1S/C6H13N.H2S/c1-6-2-4-7-5-3-6;/h6-7H,2-5H2,1H3;1H2. The molecule has 0 saturated carbocycles. The van der Waals surface area contributed by atoms with Gasteiger partial charge in [-0.1, -0.05) is 6.92 Å². The lowest BCUT2D eigenvalue weighted by molar-refractivity contribution is 0.402. The molecule has 1 rings (SSSR count). The zero-order valence-electron chi connectivity index (χ0n) is 5.41. The molecule has 0 radical (unpaired) electrons. The molecular formula is C6H15NS. The fraction of sp³-hybridized carbons (Fsp3) is 1.00. The van der Waals surface area contributed by atoms with Crippen molar-refractivity contribution in [2.75, 3.05) is 13.1 Å². The third-order valence-corrected chi connectivity index (χ3v) is 1.63. The Hall–Kier alpha value is 0.310. The fourth-order valence-electron chi connectivity index (χ4n) is 0.966. The molecule has 8 heavy (non-hydrogen) atoms. The minimum absolute atomic E-state index is 0. The lowest BCUT2D eigenvalue weighted by atomic mass is 10.0. The average molecular weight is 133 g/mol. The van der Waals surface area contributed by atoms with Crippen LogP contribution in [0.25, 0.3) is 0 Å². The van der Waals surface area contributed by atoms with Crippen molar-refractivity contribution in [3.63, 3.8) is 0 Å². The van der Waals surface area contributed by atoms with Crippen LogP contribution in [0, 0.1) is 5.92 Å². The zero-order valence-corrected chi connectivity index (χ0v) is 6.41. The van der Waals surface area contributed by atoms with Crippen LogP contribution in [0.5, 0.6) is 0 Å². The van der Waals surface area contributed by atoms with E-state index in [4.69, 9.17) is 0 Å². The topological polar surface area (TPSA) is 12.0 Å². The van der Waals surface area contributed by atoms with Crippen molar-refractivity contribution in [1.82, 2.24) is 5.32 Å². The van der Waals surface area contributed by atoms with Crippen LogP contribution < -0.4 is 5.32 Å². The Balaban J connectivity index is 0.000000490. The van der Waals surface area contributed by atoms with Crippen molar-refractivity contribution < 1.29 is 0 Å². The summed E-state index contributed by atoms with van der Waals surface area (Å²) in [6.45, 7) is 4.79. The molecule has 1 aliphatic heterocycles. The maximum atomic E-state index is 3.32. The van der Waals surface area contributed by atoms with Gasteiger partial charge < -0.3 is 5.32 Å². The van der Waals surface area contributed by atoms with E-state index in [1.54, 1.807) is 0 Å². The molecule has 1 nitrogen and oxygen atoms in total. The van der Waals surface area contributed by atoms with Crippen LogP contribution in [0.3, 0.4) is 0 Å². The molecule has 0 aromatic carbocycles. The molecule has 0 bridgehead atoms. The van der Waals surface area contributed by atoms with E-state index in [1.165, 1.54) is 25.9 Å². The molecule has 0 spiro atoms. The van der Waals surface area contributed by atoms with E-state index in [0.717, 1.165) is 5.92 Å². The van der Waals surface area contributed by atoms with E-state index >= 15 is 0 Å². The summed E-state index contributed by atoms with van der Waals surface area (Å²) in [6.07, 6.45) is 2.75. The second kappa shape index (κ2) is 4.21. The van der Waals surface area contributed by atoms with Crippen molar-refractivity contribution in [2.45, 2.75) is 19.8 Å². The smallest absolute Gasteiger partial charge is 0.00464 e. The van der Waals surface area contributed by atoms with Gasteiger partial charge in [0.25, 0.3) is 0 Å². The number of hydrogen-bond acceptors (Lipinski definition) is 1. The van der Waals surface area contributed by atoms with Crippen molar-refractivity contribution in [3.8, 4) is 0 Å². The number of piperidine rings is 1. The second-order valence-corrected chi connectivity index (χ2v) is 2.43. The largest absolute Gasteiger partial charge is 0.317 e. The predicted molar refractivity (Wildman–Crippen MR) is 41.6 cm³/mol. The van der Waals surface area contributed by atoms with Crippen LogP contribution in [0.4, 0.5) is 0 Å². The molecule has 0 aromatic heterocycles. The van der Waals surface area contributed by atoms with Crippen LogP contribution in [-0.2, 0) is 0 Å². The molecule has 0 atom stereocenters. The summed E-state index contributed by atoms with van der Waals surface area (Å²) >= 11 is 0. The van der Waals surface area contributed by atoms with Gasteiger partial charge in [-0.15, -0.1) is 0 Å². The predicted octanol–water partition coefficient (Wildman–Crippen LogP) is 1.12. The summed E-state index contributed by atoms with van der Waals surface area (Å²) in [5, 5.41) is 3.32. The van der Waals surface area contributed by atoms with E-state index < -0.39 is 0 Å².